The van der Waals surface area contributed by atoms with Crippen LogP contribution in [0.3, 0.4) is 0 Å². The van der Waals surface area contributed by atoms with Crippen molar-refractivity contribution in [3.63, 3.8) is 0 Å². The largest absolute Gasteiger partial charge is 0.394 e. The molecule has 0 aromatic rings. The van der Waals surface area contributed by atoms with Gasteiger partial charge in [0.2, 0.25) is 0 Å². The summed E-state index contributed by atoms with van der Waals surface area (Å²) in [5.74, 6) is 0. The van der Waals surface area contributed by atoms with Gasteiger partial charge in [0.25, 0.3) is 0 Å². The lowest BCUT2D eigenvalue weighted by molar-refractivity contribution is -0.901. The number of quaternary nitrogens is 2. The Morgan fingerprint density at radius 2 is 0.926 bits per heavy atom. The molecule has 0 saturated carbocycles. The van der Waals surface area contributed by atoms with Crippen LogP contribution in [0.15, 0.2) is 0 Å². The summed E-state index contributed by atoms with van der Waals surface area (Å²) in [6.45, 7) is -0.800. The summed E-state index contributed by atoms with van der Waals surface area (Å²) < 4.78 is 6.30. The summed E-state index contributed by atoms with van der Waals surface area (Å²) in [7, 11) is 11.3. The van der Waals surface area contributed by atoms with E-state index in [0.29, 0.717) is 8.97 Å². The summed E-state index contributed by atoms with van der Waals surface area (Å²) in [4.78, 5) is 0. The Morgan fingerprint density at radius 1 is 0.630 bits per heavy atom. The van der Waals surface area contributed by atoms with Crippen LogP contribution < -0.4 is 0 Å². The molecule has 0 rings (SSSR count). The van der Waals surface area contributed by atoms with Gasteiger partial charge in [-0.1, -0.05) is 0 Å². The van der Waals surface area contributed by atoms with E-state index in [1.165, 1.54) is 0 Å². The number of hydrogen-bond acceptors (Lipinski definition) is 7. The summed E-state index contributed by atoms with van der Waals surface area (Å²) in [6, 6.07) is -0.704. The van der Waals surface area contributed by atoms with Crippen LogP contribution in [0.1, 0.15) is 12.8 Å². The minimum Gasteiger partial charge on any atom is -0.394 e. The molecule has 0 aliphatic rings. The second-order valence-electron chi connectivity index (χ2n) is 9.18. The number of aliphatic hydroxyl groups excluding tert-OH is 6. The van der Waals surface area contributed by atoms with Crippen molar-refractivity contribution in [2.45, 2.75) is 49.3 Å². The fourth-order valence-electron chi connectivity index (χ4n) is 3.22. The van der Waals surface area contributed by atoms with Crippen LogP contribution in [-0.4, -0.2) is 145 Å². The Kier molecular flexibility index (Phi) is 11.4. The van der Waals surface area contributed by atoms with Crippen LogP contribution in [0.4, 0.5) is 0 Å². The lowest BCUT2D eigenvalue weighted by atomic mass is 10.0. The third-order valence-electron chi connectivity index (χ3n) is 4.90. The van der Waals surface area contributed by atoms with Crippen LogP contribution >= 0.6 is 0 Å². The average Bonchev–Trinajstić information content (AvgIpc) is 2.54. The lowest BCUT2D eigenvalue weighted by Crippen LogP contribution is -2.56. The molecule has 9 nitrogen and oxygen atoms in total. The number of hydrogen-bond donors (Lipinski definition) is 6. The molecule has 0 aromatic carbocycles. The summed E-state index contributed by atoms with van der Waals surface area (Å²) in [6.07, 6.45) is -3.17. The van der Waals surface area contributed by atoms with Crippen molar-refractivity contribution in [2.75, 3.05) is 68.7 Å². The second-order valence-corrected chi connectivity index (χ2v) is 9.18. The summed E-state index contributed by atoms with van der Waals surface area (Å²) in [5, 5.41) is 58.6. The predicted octanol–water partition coefficient (Wildman–Crippen LogP) is -2.64. The van der Waals surface area contributed by atoms with Crippen molar-refractivity contribution in [3.8, 4) is 0 Å². The Bertz CT molecular complexity index is 362. The van der Waals surface area contributed by atoms with E-state index < -0.39 is 24.4 Å². The molecule has 0 saturated heterocycles. The van der Waals surface area contributed by atoms with Gasteiger partial charge in [-0.15, -0.1) is 0 Å². The Labute approximate surface area is 163 Å². The molecule has 6 N–H and O–H groups in total. The normalized spacial score (nSPS) is 20.0. The maximum Gasteiger partial charge on any atom is 0.129 e. The molecule has 0 aliphatic heterocycles. The zero-order valence-electron chi connectivity index (χ0n) is 17.7. The Morgan fingerprint density at radius 3 is 1.15 bits per heavy atom. The zero-order valence-corrected chi connectivity index (χ0v) is 17.7. The van der Waals surface area contributed by atoms with Gasteiger partial charge in [0, 0.05) is 12.8 Å². The van der Waals surface area contributed by atoms with Crippen LogP contribution in [0, 0.1) is 0 Å². The molecule has 0 spiro atoms. The second kappa shape index (κ2) is 11.6. The van der Waals surface area contributed by atoms with Crippen molar-refractivity contribution in [1.82, 2.24) is 0 Å². The highest BCUT2D eigenvalue weighted by Crippen LogP contribution is 2.17. The van der Waals surface area contributed by atoms with E-state index in [2.05, 4.69) is 0 Å². The number of rotatable bonds is 14. The number of nitrogens with zero attached hydrogens (tertiary/aromatic N) is 2. The number of likely N-dealkylation sites (N-methyl/N-ethyl adjacent to an activating group) is 2. The van der Waals surface area contributed by atoms with Crippen molar-refractivity contribution < 1.29 is 44.3 Å². The molecule has 6 unspecified atom stereocenters. The van der Waals surface area contributed by atoms with Crippen LogP contribution in [0.2, 0.25) is 0 Å². The third-order valence-corrected chi connectivity index (χ3v) is 4.90. The molecular weight excluding hydrogens is 356 g/mol. The highest BCUT2D eigenvalue weighted by Gasteiger charge is 2.36. The molecular formula is C18H42N2O7+2. The van der Waals surface area contributed by atoms with Gasteiger partial charge in [-0.05, 0) is 0 Å². The van der Waals surface area contributed by atoms with Crippen molar-refractivity contribution in [3.05, 3.63) is 0 Å². The molecule has 0 heterocycles. The van der Waals surface area contributed by atoms with E-state index in [4.69, 9.17) is 14.9 Å². The molecule has 9 heteroatoms. The Balaban J connectivity index is 4.79. The first-order chi connectivity index (χ1) is 12.2. The third kappa shape index (κ3) is 10.1. The van der Waals surface area contributed by atoms with E-state index in [0.717, 1.165) is 0 Å². The summed E-state index contributed by atoms with van der Waals surface area (Å²) in [5.41, 5.74) is 0. The highest BCUT2D eigenvalue weighted by atomic mass is 16.5. The number of aliphatic hydroxyl groups is 6. The molecule has 0 aromatic heterocycles. The van der Waals surface area contributed by atoms with Crippen molar-refractivity contribution in [2.24, 2.45) is 0 Å². The number of ether oxygens (including phenoxy) is 1. The maximum atomic E-state index is 10.5. The molecule has 27 heavy (non-hydrogen) atoms. The van der Waals surface area contributed by atoms with Crippen LogP contribution in [-0.2, 0) is 4.74 Å². The topological polar surface area (TPSA) is 131 Å². The fraction of sp³-hybridized carbons (Fsp3) is 1.00. The standard InChI is InChI=1S/C18H42N2O7/c1-19(2,3)15(7-13(23)9-21)17(25)11-27-12-18(26)16(20(4,5)6)8-14(24)10-22/h13-18,21-26H,7-12H2,1-6H3/q+2. The fourth-order valence-corrected chi connectivity index (χ4v) is 3.22. The van der Waals surface area contributed by atoms with E-state index in [-0.39, 0.29) is 51.4 Å². The van der Waals surface area contributed by atoms with Crippen molar-refractivity contribution in [1.29, 1.82) is 0 Å². The quantitative estimate of drug-likeness (QED) is 0.176. The first kappa shape index (κ1) is 26.6. The van der Waals surface area contributed by atoms with Gasteiger partial charge >= 0.3 is 0 Å². The van der Waals surface area contributed by atoms with E-state index >= 15 is 0 Å². The van der Waals surface area contributed by atoms with Gasteiger partial charge in [-0.3, -0.25) is 0 Å². The summed E-state index contributed by atoms with van der Waals surface area (Å²) >= 11 is 0. The van der Waals surface area contributed by atoms with Crippen LogP contribution in [0.25, 0.3) is 0 Å². The highest BCUT2D eigenvalue weighted by molar-refractivity contribution is 4.75. The van der Waals surface area contributed by atoms with Crippen molar-refractivity contribution >= 4 is 0 Å². The van der Waals surface area contributed by atoms with Crippen LogP contribution in [0.5, 0.6) is 0 Å². The minimum atomic E-state index is -0.921. The zero-order chi connectivity index (χ0) is 21.4. The predicted molar refractivity (Wildman–Crippen MR) is 102 cm³/mol. The first-order valence-corrected chi connectivity index (χ1v) is 9.37. The monoisotopic (exact) mass is 398 g/mol. The average molecular weight is 399 g/mol. The van der Waals surface area contributed by atoms with Gasteiger partial charge in [-0.2, -0.15) is 0 Å². The molecule has 0 aliphatic carbocycles. The van der Waals surface area contributed by atoms with Gasteiger partial charge in [0.1, 0.15) is 24.3 Å². The van der Waals surface area contributed by atoms with Gasteiger partial charge < -0.3 is 44.3 Å². The molecule has 0 radical (unpaired) electrons. The SMILES string of the molecule is C[N+](C)(C)C(CC(O)CO)C(O)COCC(O)C(CC(O)CO)[N+](C)(C)C. The molecule has 164 valence electrons. The first-order valence-electron chi connectivity index (χ1n) is 9.37. The molecule has 0 bridgehead atoms. The van der Waals surface area contributed by atoms with Gasteiger partial charge in [0.15, 0.2) is 0 Å². The molecule has 6 atom stereocenters. The van der Waals surface area contributed by atoms with E-state index in [1.54, 1.807) is 0 Å². The smallest absolute Gasteiger partial charge is 0.129 e. The lowest BCUT2D eigenvalue weighted by Gasteiger charge is -2.39. The molecule has 0 fully saturated rings. The van der Waals surface area contributed by atoms with E-state index in [9.17, 15) is 20.4 Å². The van der Waals surface area contributed by atoms with Gasteiger partial charge in [0.05, 0.1) is 80.9 Å². The maximum absolute atomic E-state index is 10.5. The Hall–Kier alpha value is -0.360. The molecule has 0 amide bonds. The van der Waals surface area contributed by atoms with E-state index in [1.807, 2.05) is 42.3 Å². The van der Waals surface area contributed by atoms with Gasteiger partial charge in [-0.25, -0.2) is 0 Å². The minimum absolute atomic E-state index is 0.0260.